The van der Waals surface area contributed by atoms with E-state index in [1.165, 1.54) is 0 Å². The summed E-state index contributed by atoms with van der Waals surface area (Å²) in [5.41, 5.74) is 0.270. The first-order valence-corrected chi connectivity index (χ1v) is 11.4. The molecule has 0 amide bonds. The van der Waals surface area contributed by atoms with Crippen LogP contribution in [0.1, 0.15) is 43.2 Å². The molecule has 9 heteroatoms. The lowest BCUT2D eigenvalue weighted by molar-refractivity contribution is -0.137. The van der Waals surface area contributed by atoms with Crippen LogP contribution in [0.2, 0.25) is 0 Å². The first-order chi connectivity index (χ1) is 14.2. The number of aryl methyl sites for hydroxylation is 1. The number of sulfonamides is 1. The van der Waals surface area contributed by atoms with Crippen LogP contribution >= 0.6 is 0 Å². The van der Waals surface area contributed by atoms with Gasteiger partial charge in [0.2, 0.25) is 10.0 Å². The molecule has 1 unspecified atom stereocenters. The smallest absolute Gasteiger partial charge is 0.396 e. The van der Waals surface area contributed by atoms with Gasteiger partial charge in [0.15, 0.2) is 0 Å². The molecule has 30 heavy (non-hydrogen) atoms. The summed E-state index contributed by atoms with van der Waals surface area (Å²) >= 11 is 0. The maximum absolute atomic E-state index is 12.6. The van der Waals surface area contributed by atoms with Gasteiger partial charge in [-0.25, -0.2) is 13.1 Å². The van der Waals surface area contributed by atoms with Crippen molar-refractivity contribution in [3.8, 4) is 0 Å². The van der Waals surface area contributed by atoms with E-state index >= 15 is 0 Å². The number of halogens is 3. The van der Waals surface area contributed by atoms with Gasteiger partial charge in [0.05, 0.1) is 10.5 Å². The Morgan fingerprint density at radius 1 is 1.03 bits per heavy atom. The van der Waals surface area contributed by atoms with Crippen LogP contribution in [-0.2, 0) is 22.6 Å². The molecule has 0 bridgehead atoms. The number of aliphatic hydroxyl groups excluding tert-OH is 1. The highest BCUT2D eigenvalue weighted by atomic mass is 32.2. The summed E-state index contributed by atoms with van der Waals surface area (Å²) in [4.78, 5) is 3.88. The third kappa shape index (κ3) is 8.04. The van der Waals surface area contributed by atoms with Gasteiger partial charge < -0.3 is 5.11 Å². The van der Waals surface area contributed by atoms with Gasteiger partial charge in [-0.1, -0.05) is 12.5 Å². The zero-order valence-corrected chi connectivity index (χ0v) is 17.4. The van der Waals surface area contributed by atoms with Crippen molar-refractivity contribution in [1.29, 1.82) is 0 Å². The molecule has 0 saturated carbocycles. The molecule has 1 heterocycles. The Labute approximate surface area is 175 Å². The third-order valence-electron chi connectivity index (χ3n) is 4.88. The molecule has 1 atom stereocenters. The molecule has 1 aromatic carbocycles. The van der Waals surface area contributed by atoms with Gasteiger partial charge in [0.1, 0.15) is 0 Å². The second-order valence-corrected chi connectivity index (χ2v) is 8.98. The van der Waals surface area contributed by atoms with Crippen molar-refractivity contribution in [2.75, 3.05) is 13.2 Å². The number of pyridine rings is 1. The summed E-state index contributed by atoms with van der Waals surface area (Å²) in [6.45, 7) is 0.279. The normalized spacial score (nSPS) is 13.3. The highest BCUT2D eigenvalue weighted by Crippen LogP contribution is 2.29. The fourth-order valence-electron chi connectivity index (χ4n) is 3.14. The number of hydrogen-bond donors (Lipinski definition) is 2. The maximum atomic E-state index is 12.6. The fraction of sp³-hybridized carbons (Fsp3) is 0.476. The Bertz CT molecular complexity index is 857. The molecule has 5 nitrogen and oxygen atoms in total. The molecular weight excluding hydrogens is 417 g/mol. The van der Waals surface area contributed by atoms with Crippen LogP contribution < -0.4 is 4.72 Å². The Balaban J connectivity index is 1.68. The molecule has 2 rings (SSSR count). The molecule has 0 aliphatic rings. The van der Waals surface area contributed by atoms with Crippen molar-refractivity contribution in [1.82, 2.24) is 9.71 Å². The SMILES string of the molecule is O=S(=O)(NCCCCC(CO)CCCc1cccnc1)c1ccc(C(F)(F)F)cc1. The minimum Gasteiger partial charge on any atom is -0.396 e. The lowest BCUT2D eigenvalue weighted by atomic mass is 9.95. The van der Waals surface area contributed by atoms with Crippen molar-refractivity contribution in [2.24, 2.45) is 5.92 Å². The minimum atomic E-state index is -4.50. The Hall–Kier alpha value is -1.97. The molecule has 166 valence electrons. The summed E-state index contributed by atoms with van der Waals surface area (Å²) in [5.74, 6) is 0.160. The molecule has 0 fully saturated rings. The first-order valence-electron chi connectivity index (χ1n) is 9.89. The molecule has 0 spiro atoms. The number of alkyl halides is 3. The summed E-state index contributed by atoms with van der Waals surface area (Å²) in [7, 11) is -3.85. The van der Waals surface area contributed by atoms with Crippen LogP contribution in [0.25, 0.3) is 0 Å². The predicted molar refractivity (Wildman–Crippen MR) is 108 cm³/mol. The number of aromatic nitrogens is 1. The number of benzene rings is 1. The average molecular weight is 445 g/mol. The molecule has 2 N–H and O–H groups in total. The van der Waals surface area contributed by atoms with Crippen molar-refractivity contribution in [3.05, 3.63) is 59.9 Å². The quantitative estimate of drug-likeness (QED) is 0.482. The van der Waals surface area contributed by atoms with E-state index in [2.05, 4.69) is 9.71 Å². The summed E-state index contributed by atoms with van der Waals surface area (Å²) in [6.07, 6.45) is 3.88. The molecule has 0 aliphatic heterocycles. The largest absolute Gasteiger partial charge is 0.416 e. The number of nitrogens with zero attached hydrogens (tertiary/aromatic N) is 1. The average Bonchev–Trinajstić information content (AvgIpc) is 2.72. The highest BCUT2D eigenvalue weighted by Gasteiger charge is 2.30. The van der Waals surface area contributed by atoms with Gasteiger partial charge in [-0.05, 0) is 73.9 Å². The summed E-state index contributed by atoms with van der Waals surface area (Å²) in [6, 6.07) is 7.33. The van der Waals surface area contributed by atoms with E-state index < -0.39 is 21.8 Å². The van der Waals surface area contributed by atoms with Gasteiger partial charge in [0, 0.05) is 25.5 Å². The molecule has 0 radical (unpaired) electrons. The monoisotopic (exact) mass is 444 g/mol. The summed E-state index contributed by atoms with van der Waals surface area (Å²) in [5, 5.41) is 9.53. The third-order valence-corrected chi connectivity index (χ3v) is 6.36. The summed E-state index contributed by atoms with van der Waals surface area (Å²) < 4.78 is 64.5. The van der Waals surface area contributed by atoms with E-state index in [9.17, 15) is 26.7 Å². The van der Waals surface area contributed by atoms with E-state index in [1.807, 2.05) is 18.3 Å². The standard InChI is InChI=1S/C21H27F3N2O3S/c22-21(23,24)19-9-11-20(12-10-19)30(28,29)26-14-2-1-5-18(16-27)7-3-6-17-8-4-13-25-15-17/h4,8-13,15,18,26-27H,1-3,5-7,14,16H2. The Morgan fingerprint density at radius 3 is 2.33 bits per heavy atom. The van der Waals surface area contributed by atoms with Crippen LogP contribution in [0.5, 0.6) is 0 Å². The van der Waals surface area contributed by atoms with Gasteiger partial charge in [0.25, 0.3) is 0 Å². The van der Waals surface area contributed by atoms with E-state index in [0.717, 1.165) is 61.9 Å². The lowest BCUT2D eigenvalue weighted by Crippen LogP contribution is -2.25. The predicted octanol–water partition coefficient (Wildman–Crippen LogP) is 4.18. The fourth-order valence-corrected chi connectivity index (χ4v) is 4.21. The molecule has 0 saturated heterocycles. The second-order valence-electron chi connectivity index (χ2n) is 7.22. The van der Waals surface area contributed by atoms with Crippen molar-refractivity contribution < 1.29 is 26.7 Å². The zero-order chi connectivity index (χ0) is 22.0. The molecule has 2 aromatic rings. The van der Waals surface area contributed by atoms with Crippen LogP contribution in [0.3, 0.4) is 0 Å². The van der Waals surface area contributed by atoms with Gasteiger partial charge in [-0.2, -0.15) is 13.2 Å². The van der Waals surface area contributed by atoms with Crippen LogP contribution in [0, 0.1) is 5.92 Å². The van der Waals surface area contributed by atoms with Crippen LogP contribution in [0.15, 0.2) is 53.7 Å². The number of rotatable bonds is 12. The van der Waals surface area contributed by atoms with Crippen molar-refractivity contribution >= 4 is 10.0 Å². The number of aliphatic hydroxyl groups is 1. The van der Waals surface area contributed by atoms with Crippen molar-refractivity contribution in [3.63, 3.8) is 0 Å². The van der Waals surface area contributed by atoms with E-state index in [1.54, 1.807) is 6.20 Å². The topological polar surface area (TPSA) is 79.3 Å². The van der Waals surface area contributed by atoms with E-state index in [-0.39, 0.29) is 24.0 Å². The van der Waals surface area contributed by atoms with Crippen LogP contribution in [0.4, 0.5) is 13.2 Å². The lowest BCUT2D eigenvalue weighted by Gasteiger charge is -2.14. The molecule has 0 aliphatic carbocycles. The maximum Gasteiger partial charge on any atom is 0.416 e. The van der Waals surface area contributed by atoms with E-state index in [4.69, 9.17) is 0 Å². The highest BCUT2D eigenvalue weighted by molar-refractivity contribution is 7.89. The minimum absolute atomic E-state index is 0.0876. The van der Waals surface area contributed by atoms with Crippen LogP contribution in [-0.4, -0.2) is 31.7 Å². The zero-order valence-electron chi connectivity index (χ0n) is 16.6. The van der Waals surface area contributed by atoms with E-state index in [0.29, 0.717) is 6.42 Å². The van der Waals surface area contributed by atoms with Gasteiger partial charge in [-0.3, -0.25) is 4.98 Å². The second kappa shape index (κ2) is 11.4. The Kier molecular flexibility index (Phi) is 9.26. The van der Waals surface area contributed by atoms with Gasteiger partial charge >= 0.3 is 6.18 Å². The van der Waals surface area contributed by atoms with Gasteiger partial charge in [-0.15, -0.1) is 0 Å². The molecular formula is C21H27F3N2O3S. The number of hydrogen-bond acceptors (Lipinski definition) is 4. The number of unbranched alkanes of at least 4 members (excludes halogenated alkanes) is 1. The Morgan fingerprint density at radius 2 is 1.73 bits per heavy atom. The van der Waals surface area contributed by atoms with Crippen molar-refractivity contribution in [2.45, 2.75) is 49.6 Å². The first kappa shape index (κ1) is 24.3. The number of nitrogens with one attached hydrogen (secondary N) is 1. The molecule has 1 aromatic heterocycles.